The van der Waals surface area contributed by atoms with Gasteiger partial charge >= 0.3 is 0 Å². The Kier molecular flexibility index (Phi) is 14.1. The van der Waals surface area contributed by atoms with E-state index in [1.165, 1.54) is 55.4 Å². The Labute approximate surface area is 527 Å². The number of hydrogen-bond acceptors (Lipinski definition) is 4. The summed E-state index contributed by atoms with van der Waals surface area (Å²) in [5.41, 5.74) is 26.1. The number of nitrogens with zero attached hydrogens (tertiary/aromatic N) is 2. The van der Waals surface area contributed by atoms with Crippen molar-refractivity contribution in [2.75, 3.05) is 9.80 Å². The number of benzene rings is 9. The SMILES string of the molecule is CCC(C)(C)c1ccc(N2c3ccc(C(C)(C)CC)cc3B3c4ccc(-c5ccc(C(C)(C)C)cc5)cc4Oc4c3c2c2c3c4N(c4ccc(C(C)(C)CC)cc4)c4ccc(C(C)(C)CC)cc4B3c3ccc(-c4ccc(C(C)(C)C)cc4)cc3O2)cc1. The van der Waals surface area contributed by atoms with E-state index < -0.39 is 0 Å². The third-order valence-corrected chi connectivity index (χ3v) is 21.8. The van der Waals surface area contributed by atoms with Crippen molar-refractivity contribution in [3.8, 4) is 45.3 Å². The molecule has 13 rings (SSSR count). The van der Waals surface area contributed by atoms with Crippen LogP contribution in [0.15, 0.2) is 170 Å². The Morgan fingerprint density at radius 3 is 0.920 bits per heavy atom. The molecule has 4 aliphatic rings. The van der Waals surface area contributed by atoms with Crippen molar-refractivity contribution in [3.63, 3.8) is 0 Å². The Bertz CT molecular complexity index is 3940. The van der Waals surface area contributed by atoms with E-state index in [4.69, 9.17) is 9.47 Å². The maximum atomic E-state index is 8.06. The molecule has 0 unspecified atom stereocenters. The Hall–Kier alpha value is -7.69. The van der Waals surface area contributed by atoms with Crippen LogP contribution in [0.1, 0.15) is 184 Å². The van der Waals surface area contributed by atoms with Gasteiger partial charge in [0.15, 0.2) is 0 Å². The lowest BCUT2D eigenvalue weighted by atomic mass is 9.31. The van der Waals surface area contributed by atoms with Crippen LogP contribution in [0.3, 0.4) is 0 Å². The van der Waals surface area contributed by atoms with Crippen LogP contribution in [0.25, 0.3) is 22.3 Å². The number of rotatable bonds is 12. The van der Waals surface area contributed by atoms with Gasteiger partial charge in [-0.15, -0.1) is 0 Å². The van der Waals surface area contributed by atoms with Crippen LogP contribution in [0.5, 0.6) is 23.0 Å². The third kappa shape index (κ3) is 9.64. The summed E-state index contributed by atoms with van der Waals surface area (Å²) in [5.74, 6) is 3.51. The van der Waals surface area contributed by atoms with Gasteiger partial charge in [-0.3, -0.25) is 0 Å². The van der Waals surface area contributed by atoms with Gasteiger partial charge in [0.05, 0.1) is 11.4 Å². The van der Waals surface area contributed by atoms with Crippen molar-refractivity contribution in [1.29, 1.82) is 0 Å². The van der Waals surface area contributed by atoms with Gasteiger partial charge in [0.2, 0.25) is 0 Å². The molecule has 0 bridgehead atoms. The van der Waals surface area contributed by atoms with Crippen LogP contribution < -0.4 is 52.1 Å². The van der Waals surface area contributed by atoms with Crippen molar-refractivity contribution in [1.82, 2.24) is 0 Å². The second-order valence-corrected chi connectivity index (χ2v) is 30.7. The molecule has 0 fully saturated rings. The molecular formula is C82H90B2N2O2. The van der Waals surface area contributed by atoms with E-state index in [0.29, 0.717) is 0 Å². The first-order valence-corrected chi connectivity index (χ1v) is 32.9. The molecule has 0 amide bonds. The molecule has 0 atom stereocenters. The third-order valence-electron chi connectivity index (χ3n) is 21.8. The fourth-order valence-corrected chi connectivity index (χ4v) is 14.0. The normalized spacial score (nSPS) is 14.3. The molecule has 6 heteroatoms. The van der Waals surface area contributed by atoms with Crippen LogP contribution in [0.2, 0.25) is 0 Å². The van der Waals surface area contributed by atoms with Crippen LogP contribution in [-0.4, -0.2) is 13.4 Å². The minimum atomic E-state index is -0.218. The highest BCUT2D eigenvalue weighted by atomic mass is 16.5. The zero-order valence-electron chi connectivity index (χ0n) is 55.9. The molecule has 88 heavy (non-hydrogen) atoms. The summed E-state index contributed by atoms with van der Waals surface area (Å²) in [5, 5.41) is 0. The van der Waals surface area contributed by atoms with Gasteiger partial charge in [-0.1, -0.05) is 246 Å². The van der Waals surface area contributed by atoms with Gasteiger partial charge < -0.3 is 19.3 Å². The van der Waals surface area contributed by atoms with Gasteiger partial charge in [-0.05, 0) is 184 Å². The van der Waals surface area contributed by atoms with Gasteiger partial charge in [-0.2, -0.15) is 0 Å². The minimum Gasteiger partial charge on any atom is -0.456 e. The largest absolute Gasteiger partial charge is 0.456 e. The van der Waals surface area contributed by atoms with Gasteiger partial charge in [0, 0.05) is 33.7 Å². The first kappa shape index (κ1) is 59.3. The van der Waals surface area contributed by atoms with Crippen LogP contribution in [-0.2, 0) is 32.5 Å². The summed E-state index contributed by atoms with van der Waals surface area (Å²) in [7, 11) is 0. The van der Waals surface area contributed by atoms with Gasteiger partial charge in [0.25, 0.3) is 13.4 Å². The monoisotopic (exact) mass is 1160 g/mol. The Morgan fingerprint density at radius 1 is 0.307 bits per heavy atom. The highest BCUT2D eigenvalue weighted by molar-refractivity contribution is 7.02. The Balaban J connectivity index is 1.17. The zero-order chi connectivity index (χ0) is 62.4. The summed E-state index contributed by atoms with van der Waals surface area (Å²) in [4.78, 5) is 5.11. The van der Waals surface area contributed by atoms with Crippen LogP contribution in [0, 0.1) is 0 Å². The molecule has 0 radical (unpaired) electrons. The van der Waals surface area contributed by atoms with E-state index in [-0.39, 0.29) is 45.9 Å². The molecule has 9 aromatic carbocycles. The molecule has 4 heterocycles. The standard InChI is InChI=1S/C82H90B2N2O2/c1-19-79(11,12)57-33-39-61(40-34-57)85-67-45-37-59(81(15,16)21-3)49-65(67)83-63-43-27-54(52-25-31-56(32-26-52)78(8,9)10)48-70(63)88-76-71(83)73(85)75-72-74(76)86(62-41-35-58(36-42-62)80(13,14)20-2)68-46-38-60(82(17,18)22-4)50-66(68)84(72)64-44-28-53(47-69(64)87-75)51-23-29-55(30-24-51)77(5,6)7/h23-50H,19-22H2,1-18H3. The van der Waals surface area contributed by atoms with E-state index in [0.717, 1.165) is 116 Å². The number of ether oxygens (including phenoxy) is 2. The molecule has 4 aliphatic heterocycles. The lowest BCUT2D eigenvalue weighted by molar-refractivity contribution is 0.477. The summed E-state index contributed by atoms with van der Waals surface area (Å²) < 4.78 is 16.1. The van der Waals surface area contributed by atoms with Crippen molar-refractivity contribution in [2.45, 2.75) is 183 Å². The lowest BCUT2D eigenvalue weighted by Gasteiger charge is -2.47. The van der Waals surface area contributed by atoms with Crippen molar-refractivity contribution in [3.05, 3.63) is 203 Å². The summed E-state index contributed by atoms with van der Waals surface area (Å²) in [6.07, 6.45) is 4.07. The molecule has 9 aromatic rings. The highest BCUT2D eigenvalue weighted by Crippen LogP contribution is 2.55. The van der Waals surface area contributed by atoms with Crippen LogP contribution >= 0.6 is 0 Å². The zero-order valence-corrected chi connectivity index (χ0v) is 55.9. The first-order chi connectivity index (χ1) is 41.7. The fraction of sp³-hybridized carbons (Fsp3) is 0.341. The van der Waals surface area contributed by atoms with E-state index in [9.17, 15) is 0 Å². The van der Waals surface area contributed by atoms with Crippen LogP contribution in [0.4, 0.5) is 34.1 Å². The van der Waals surface area contributed by atoms with E-state index >= 15 is 0 Å². The van der Waals surface area contributed by atoms with Gasteiger partial charge in [-0.25, -0.2) is 0 Å². The molecule has 446 valence electrons. The predicted octanol–water partition coefficient (Wildman–Crippen LogP) is 19.2. The van der Waals surface area contributed by atoms with E-state index in [1.54, 1.807) is 0 Å². The topological polar surface area (TPSA) is 24.9 Å². The summed E-state index contributed by atoms with van der Waals surface area (Å²) in [6.45, 7) is 41.5. The average molecular weight is 1160 g/mol. The minimum absolute atomic E-state index is 0.00341. The maximum absolute atomic E-state index is 8.06. The number of hydrogen-bond donors (Lipinski definition) is 0. The second-order valence-electron chi connectivity index (χ2n) is 30.7. The molecule has 0 saturated carbocycles. The Morgan fingerprint density at radius 2 is 0.602 bits per heavy atom. The van der Waals surface area contributed by atoms with E-state index in [1.807, 2.05) is 0 Å². The van der Waals surface area contributed by atoms with E-state index in [2.05, 4.69) is 304 Å². The first-order valence-electron chi connectivity index (χ1n) is 32.9. The lowest BCUT2D eigenvalue weighted by Crippen LogP contribution is -2.64. The molecular weight excluding hydrogens is 1070 g/mol. The molecule has 0 N–H and O–H groups in total. The number of fused-ring (bicyclic) bond motifs is 10. The summed E-state index contributed by atoms with van der Waals surface area (Å²) >= 11 is 0. The summed E-state index contributed by atoms with van der Waals surface area (Å²) in [6, 6.07) is 66.1. The molecule has 4 nitrogen and oxygen atoms in total. The molecule has 0 aromatic heterocycles. The molecule has 0 aliphatic carbocycles. The number of anilines is 6. The quantitative estimate of drug-likeness (QED) is 0.114. The maximum Gasteiger partial charge on any atom is 0.256 e. The van der Waals surface area contributed by atoms with Gasteiger partial charge in [0.1, 0.15) is 23.0 Å². The molecule has 0 saturated heterocycles. The van der Waals surface area contributed by atoms with Crippen molar-refractivity contribution < 1.29 is 9.47 Å². The highest BCUT2D eigenvalue weighted by Gasteiger charge is 2.53. The average Bonchev–Trinajstić information content (AvgIpc) is 0.684. The fourth-order valence-electron chi connectivity index (χ4n) is 14.0. The van der Waals surface area contributed by atoms with Crippen molar-refractivity contribution in [2.24, 2.45) is 0 Å². The van der Waals surface area contributed by atoms with Crippen molar-refractivity contribution >= 4 is 80.3 Å². The molecule has 0 spiro atoms. The predicted molar refractivity (Wildman–Crippen MR) is 380 cm³/mol. The second kappa shape index (κ2) is 21.0. The smallest absolute Gasteiger partial charge is 0.256 e.